The van der Waals surface area contributed by atoms with Gasteiger partial charge in [-0.2, -0.15) is 0 Å². The first-order valence-electron chi connectivity index (χ1n) is 8.43. The van der Waals surface area contributed by atoms with Gasteiger partial charge in [0, 0.05) is 44.8 Å². The molecule has 1 fully saturated rings. The van der Waals surface area contributed by atoms with Gasteiger partial charge in [-0.25, -0.2) is 4.98 Å². The molecule has 2 aliphatic rings. The fourth-order valence-electron chi connectivity index (χ4n) is 3.21. The standard InChI is InChI=1S/C19H19N3O3/c23-18(22-13-9-19(10-14-22)8-12-21-25-19)16-7-4-11-20-17(16)24-15-5-2-1-3-6-15/h1-7,11-12H,8-10,13-14H2. The second kappa shape index (κ2) is 6.55. The molecule has 0 bridgehead atoms. The number of hydrogen-bond donors (Lipinski definition) is 0. The molecule has 1 aromatic carbocycles. The van der Waals surface area contributed by atoms with Gasteiger partial charge in [0.15, 0.2) is 0 Å². The number of oxime groups is 1. The Bertz CT molecular complexity index is 774. The molecule has 3 heterocycles. The van der Waals surface area contributed by atoms with Crippen molar-refractivity contribution in [2.75, 3.05) is 13.1 Å². The third kappa shape index (κ3) is 3.20. The number of benzene rings is 1. The number of carbonyl (C=O) groups is 1. The molecule has 25 heavy (non-hydrogen) atoms. The minimum absolute atomic E-state index is 0.0622. The normalized spacial score (nSPS) is 18.2. The summed E-state index contributed by atoms with van der Waals surface area (Å²) in [6.07, 6.45) is 5.83. The van der Waals surface area contributed by atoms with Crippen molar-refractivity contribution in [2.45, 2.75) is 24.9 Å². The molecule has 1 spiro atoms. The van der Waals surface area contributed by atoms with E-state index in [1.807, 2.05) is 41.4 Å². The van der Waals surface area contributed by atoms with Gasteiger partial charge in [-0.1, -0.05) is 23.4 Å². The molecule has 2 aromatic rings. The number of nitrogens with zero attached hydrogens (tertiary/aromatic N) is 3. The number of carbonyl (C=O) groups excluding carboxylic acids is 1. The van der Waals surface area contributed by atoms with Crippen LogP contribution in [0, 0.1) is 0 Å². The number of pyridine rings is 1. The molecule has 0 atom stereocenters. The lowest BCUT2D eigenvalue weighted by Crippen LogP contribution is -2.46. The lowest BCUT2D eigenvalue weighted by atomic mass is 9.89. The number of ether oxygens (including phenoxy) is 1. The first kappa shape index (κ1) is 15.6. The molecule has 6 nitrogen and oxygen atoms in total. The molecule has 1 saturated heterocycles. The van der Waals surface area contributed by atoms with Gasteiger partial charge in [-0.05, 0) is 24.3 Å². The largest absolute Gasteiger partial charge is 0.438 e. The zero-order chi connectivity index (χ0) is 17.1. The monoisotopic (exact) mass is 337 g/mol. The zero-order valence-corrected chi connectivity index (χ0v) is 13.8. The first-order valence-corrected chi connectivity index (χ1v) is 8.43. The van der Waals surface area contributed by atoms with Crippen molar-refractivity contribution in [2.24, 2.45) is 5.16 Å². The van der Waals surface area contributed by atoms with E-state index in [2.05, 4.69) is 10.1 Å². The lowest BCUT2D eigenvalue weighted by Gasteiger charge is -2.37. The average molecular weight is 337 g/mol. The van der Waals surface area contributed by atoms with Crippen molar-refractivity contribution in [1.29, 1.82) is 0 Å². The molecule has 4 rings (SSSR count). The van der Waals surface area contributed by atoms with Crippen molar-refractivity contribution in [3.8, 4) is 11.6 Å². The Labute approximate surface area is 146 Å². The van der Waals surface area contributed by atoms with Gasteiger partial charge in [-0.3, -0.25) is 4.79 Å². The van der Waals surface area contributed by atoms with Gasteiger partial charge in [-0.15, -0.1) is 0 Å². The van der Waals surface area contributed by atoms with E-state index >= 15 is 0 Å². The van der Waals surface area contributed by atoms with Crippen LogP contribution in [0.5, 0.6) is 11.6 Å². The van der Waals surface area contributed by atoms with Gasteiger partial charge in [0.2, 0.25) is 5.88 Å². The van der Waals surface area contributed by atoms with E-state index in [4.69, 9.17) is 9.57 Å². The predicted molar refractivity (Wildman–Crippen MR) is 92.8 cm³/mol. The van der Waals surface area contributed by atoms with Crippen LogP contribution in [0.15, 0.2) is 53.8 Å². The summed E-state index contributed by atoms with van der Waals surface area (Å²) in [5.74, 6) is 0.927. The molecule has 128 valence electrons. The van der Waals surface area contributed by atoms with Crippen LogP contribution in [0.4, 0.5) is 0 Å². The van der Waals surface area contributed by atoms with Gasteiger partial charge >= 0.3 is 0 Å². The minimum Gasteiger partial charge on any atom is -0.438 e. The van der Waals surface area contributed by atoms with Crippen molar-refractivity contribution in [3.05, 3.63) is 54.2 Å². The van der Waals surface area contributed by atoms with Crippen LogP contribution in [-0.4, -0.2) is 40.7 Å². The quantitative estimate of drug-likeness (QED) is 0.862. The Morgan fingerprint density at radius 1 is 1.12 bits per heavy atom. The Morgan fingerprint density at radius 3 is 2.64 bits per heavy atom. The number of amides is 1. The number of hydrogen-bond acceptors (Lipinski definition) is 5. The molecule has 2 aliphatic heterocycles. The van der Waals surface area contributed by atoms with Crippen LogP contribution >= 0.6 is 0 Å². The summed E-state index contributed by atoms with van der Waals surface area (Å²) in [6, 6.07) is 12.9. The predicted octanol–water partition coefficient (Wildman–Crippen LogP) is 3.25. The van der Waals surface area contributed by atoms with Gasteiger partial charge in [0.25, 0.3) is 5.91 Å². The summed E-state index contributed by atoms with van der Waals surface area (Å²) in [4.78, 5) is 24.5. The average Bonchev–Trinajstić information content (AvgIpc) is 3.11. The summed E-state index contributed by atoms with van der Waals surface area (Å²) < 4.78 is 5.81. The van der Waals surface area contributed by atoms with Gasteiger partial charge < -0.3 is 14.5 Å². The summed E-state index contributed by atoms with van der Waals surface area (Å²) >= 11 is 0. The number of rotatable bonds is 3. The van der Waals surface area contributed by atoms with E-state index in [1.54, 1.807) is 18.3 Å². The van der Waals surface area contributed by atoms with Crippen LogP contribution in [-0.2, 0) is 4.84 Å². The van der Waals surface area contributed by atoms with Crippen molar-refractivity contribution >= 4 is 12.1 Å². The number of para-hydroxylation sites is 1. The fraction of sp³-hybridized carbons (Fsp3) is 0.316. The lowest BCUT2D eigenvalue weighted by molar-refractivity contribution is -0.0568. The topological polar surface area (TPSA) is 64.0 Å². The molecule has 0 radical (unpaired) electrons. The first-order chi connectivity index (χ1) is 12.3. The highest BCUT2D eigenvalue weighted by molar-refractivity contribution is 5.96. The summed E-state index contributed by atoms with van der Waals surface area (Å²) in [5, 5.41) is 3.89. The molecular formula is C19H19N3O3. The van der Waals surface area contributed by atoms with Crippen LogP contribution < -0.4 is 4.74 Å². The van der Waals surface area contributed by atoms with Crippen LogP contribution in [0.25, 0.3) is 0 Å². The van der Waals surface area contributed by atoms with E-state index in [9.17, 15) is 4.79 Å². The highest BCUT2D eigenvalue weighted by Crippen LogP contribution is 2.33. The van der Waals surface area contributed by atoms with Crippen LogP contribution in [0.3, 0.4) is 0 Å². The highest BCUT2D eigenvalue weighted by atomic mass is 16.7. The second-order valence-corrected chi connectivity index (χ2v) is 6.33. The Hall–Kier alpha value is -2.89. The van der Waals surface area contributed by atoms with Crippen LogP contribution in [0.2, 0.25) is 0 Å². The number of piperidine rings is 1. The molecule has 1 amide bonds. The number of aromatic nitrogens is 1. The van der Waals surface area contributed by atoms with E-state index in [0.29, 0.717) is 30.3 Å². The van der Waals surface area contributed by atoms with Gasteiger partial charge in [0.05, 0.1) is 0 Å². The maximum atomic E-state index is 12.9. The molecule has 6 heteroatoms. The van der Waals surface area contributed by atoms with Crippen molar-refractivity contribution < 1.29 is 14.4 Å². The van der Waals surface area contributed by atoms with E-state index in [-0.39, 0.29) is 11.5 Å². The smallest absolute Gasteiger partial charge is 0.259 e. The fourth-order valence-corrected chi connectivity index (χ4v) is 3.21. The van der Waals surface area contributed by atoms with Crippen LogP contribution in [0.1, 0.15) is 29.6 Å². The van der Waals surface area contributed by atoms with E-state index in [1.165, 1.54) is 0 Å². The summed E-state index contributed by atoms with van der Waals surface area (Å²) in [6.45, 7) is 1.28. The molecule has 1 aromatic heterocycles. The third-order valence-corrected chi connectivity index (χ3v) is 4.71. The third-order valence-electron chi connectivity index (χ3n) is 4.71. The molecular weight excluding hydrogens is 318 g/mol. The minimum atomic E-state index is -0.213. The molecule has 0 N–H and O–H groups in total. The van der Waals surface area contributed by atoms with Gasteiger partial charge in [0.1, 0.15) is 16.9 Å². The Morgan fingerprint density at radius 2 is 1.92 bits per heavy atom. The second-order valence-electron chi connectivity index (χ2n) is 6.33. The molecule has 0 saturated carbocycles. The molecule has 0 unspecified atom stereocenters. The van der Waals surface area contributed by atoms with E-state index < -0.39 is 0 Å². The maximum Gasteiger partial charge on any atom is 0.259 e. The highest BCUT2D eigenvalue weighted by Gasteiger charge is 2.40. The summed E-state index contributed by atoms with van der Waals surface area (Å²) in [5.41, 5.74) is 0.264. The summed E-state index contributed by atoms with van der Waals surface area (Å²) in [7, 11) is 0. The zero-order valence-electron chi connectivity index (χ0n) is 13.8. The van der Waals surface area contributed by atoms with Crippen molar-refractivity contribution in [3.63, 3.8) is 0 Å². The van der Waals surface area contributed by atoms with E-state index in [0.717, 1.165) is 19.3 Å². The molecule has 0 aliphatic carbocycles. The van der Waals surface area contributed by atoms with Crippen molar-refractivity contribution in [1.82, 2.24) is 9.88 Å². The Kier molecular flexibility index (Phi) is 4.09. The Balaban J connectivity index is 1.49. The SMILES string of the molecule is O=C(c1cccnc1Oc1ccccc1)N1CCC2(CC=NO2)CC1. The number of likely N-dealkylation sites (tertiary alicyclic amines) is 1. The maximum absolute atomic E-state index is 12.9.